The zero-order chi connectivity index (χ0) is 15.4. The van der Waals surface area contributed by atoms with Gasteiger partial charge in [-0.3, -0.25) is 4.79 Å². The van der Waals surface area contributed by atoms with Crippen molar-refractivity contribution in [2.45, 2.75) is 20.3 Å². The molecule has 21 heavy (non-hydrogen) atoms. The fraction of sp³-hybridized carbons (Fsp3) is 0.250. The van der Waals surface area contributed by atoms with Crippen molar-refractivity contribution in [3.63, 3.8) is 0 Å². The third-order valence-electron chi connectivity index (χ3n) is 3.19. The summed E-state index contributed by atoms with van der Waals surface area (Å²) >= 11 is 1.62. The number of amides is 1. The minimum absolute atomic E-state index is 0.0565. The number of benzene rings is 1. The number of carboxylic acids is 1. The molecule has 4 nitrogen and oxygen atoms in total. The van der Waals surface area contributed by atoms with Gasteiger partial charge in [-0.25, -0.2) is 4.79 Å². The van der Waals surface area contributed by atoms with Crippen molar-refractivity contribution in [2.75, 3.05) is 6.54 Å². The number of carboxylic acid groups (broad SMARTS) is 1. The quantitative estimate of drug-likeness (QED) is 0.892. The molecule has 1 amide bonds. The van der Waals surface area contributed by atoms with E-state index in [0.717, 1.165) is 20.9 Å². The average molecular weight is 303 g/mol. The second-order valence-corrected chi connectivity index (χ2v) is 6.30. The molecule has 2 N–H and O–H groups in total. The summed E-state index contributed by atoms with van der Waals surface area (Å²) in [6, 6.07) is 8.60. The van der Waals surface area contributed by atoms with Gasteiger partial charge in [-0.2, -0.15) is 0 Å². The first-order chi connectivity index (χ1) is 9.97. The lowest BCUT2D eigenvalue weighted by Crippen LogP contribution is -2.25. The number of hydrogen-bond acceptors (Lipinski definition) is 3. The van der Waals surface area contributed by atoms with Gasteiger partial charge in [-0.1, -0.05) is 12.1 Å². The van der Waals surface area contributed by atoms with E-state index in [1.54, 1.807) is 35.6 Å². The molecule has 110 valence electrons. The average Bonchev–Trinajstić information content (AvgIpc) is 2.78. The third-order valence-corrected chi connectivity index (χ3v) is 4.15. The summed E-state index contributed by atoms with van der Waals surface area (Å²) in [5.41, 5.74) is 2.00. The van der Waals surface area contributed by atoms with Crippen LogP contribution in [0.3, 0.4) is 0 Å². The molecule has 0 radical (unpaired) electrons. The zero-order valence-corrected chi connectivity index (χ0v) is 12.8. The van der Waals surface area contributed by atoms with Gasteiger partial charge in [0.25, 0.3) is 5.91 Å². The Hall–Kier alpha value is -2.14. The van der Waals surface area contributed by atoms with Crippen molar-refractivity contribution in [3.05, 3.63) is 56.8 Å². The highest BCUT2D eigenvalue weighted by Gasteiger charge is 2.11. The van der Waals surface area contributed by atoms with E-state index in [4.69, 9.17) is 5.11 Å². The van der Waals surface area contributed by atoms with Gasteiger partial charge < -0.3 is 10.4 Å². The number of carbonyl (C=O) groups is 2. The lowest BCUT2D eigenvalue weighted by Gasteiger charge is -2.05. The number of rotatable bonds is 5. The van der Waals surface area contributed by atoms with Crippen LogP contribution >= 0.6 is 11.3 Å². The lowest BCUT2D eigenvalue weighted by atomic mass is 10.1. The molecule has 1 aromatic carbocycles. The van der Waals surface area contributed by atoms with Gasteiger partial charge in [0.2, 0.25) is 0 Å². The van der Waals surface area contributed by atoms with Crippen LogP contribution < -0.4 is 5.32 Å². The molecule has 2 rings (SSSR count). The van der Waals surface area contributed by atoms with Crippen LogP contribution in [0.1, 0.15) is 36.0 Å². The highest BCUT2D eigenvalue weighted by Crippen LogP contribution is 2.20. The number of thiophene rings is 1. The molecule has 0 saturated heterocycles. The zero-order valence-electron chi connectivity index (χ0n) is 12.0. The van der Waals surface area contributed by atoms with Crippen molar-refractivity contribution in [3.8, 4) is 0 Å². The van der Waals surface area contributed by atoms with Crippen LogP contribution in [0, 0.1) is 13.8 Å². The maximum absolute atomic E-state index is 12.0. The third kappa shape index (κ3) is 3.92. The Balaban J connectivity index is 1.88. The summed E-state index contributed by atoms with van der Waals surface area (Å²) in [6.07, 6.45) is 0.674. The Morgan fingerprint density at radius 3 is 2.38 bits per heavy atom. The molecule has 0 saturated carbocycles. The summed E-state index contributed by atoms with van der Waals surface area (Å²) in [4.78, 5) is 24.9. The molecule has 2 aromatic rings. The maximum Gasteiger partial charge on any atom is 0.335 e. The summed E-state index contributed by atoms with van der Waals surface area (Å²) in [5.74, 6) is -0.989. The van der Waals surface area contributed by atoms with Crippen molar-refractivity contribution in [1.82, 2.24) is 5.32 Å². The SMILES string of the molecule is Cc1cc(C(=O)NCCc2ccc(C(=O)O)cc2)c(C)s1. The standard InChI is InChI=1S/C16H17NO3S/c1-10-9-14(11(2)21-10)15(18)17-8-7-12-3-5-13(6-4-12)16(19)20/h3-6,9H,7-8H2,1-2H3,(H,17,18)(H,19,20). The molecule has 5 heteroatoms. The number of hydrogen-bond donors (Lipinski definition) is 2. The van der Waals surface area contributed by atoms with Gasteiger partial charge in [-0.05, 0) is 44.0 Å². The van der Waals surface area contributed by atoms with E-state index in [1.807, 2.05) is 19.9 Å². The van der Waals surface area contributed by atoms with Crippen LogP contribution in [0.2, 0.25) is 0 Å². The van der Waals surface area contributed by atoms with Crippen LogP contribution in [0.5, 0.6) is 0 Å². The highest BCUT2D eigenvalue weighted by atomic mass is 32.1. The van der Waals surface area contributed by atoms with Gasteiger partial charge in [0, 0.05) is 16.3 Å². The molecule has 1 heterocycles. The molecule has 0 aliphatic carbocycles. The van der Waals surface area contributed by atoms with Crippen molar-refractivity contribution >= 4 is 23.2 Å². The Kier molecular flexibility index (Phi) is 4.75. The second kappa shape index (κ2) is 6.54. The summed E-state index contributed by atoms with van der Waals surface area (Å²) in [5, 5.41) is 11.7. The minimum atomic E-state index is -0.932. The van der Waals surface area contributed by atoms with E-state index >= 15 is 0 Å². The van der Waals surface area contributed by atoms with Crippen LogP contribution in [0.4, 0.5) is 0 Å². The Morgan fingerprint density at radius 1 is 1.19 bits per heavy atom. The first-order valence-corrected chi connectivity index (χ1v) is 7.46. The first kappa shape index (κ1) is 15.3. The van der Waals surface area contributed by atoms with Gasteiger partial charge in [0.05, 0.1) is 11.1 Å². The van der Waals surface area contributed by atoms with Gasteiger partial charge in [0.15, 0.2) is 0 Å². The number of nitrogens with one attached hydrogen (secondary N) is 1. The lowest BCUT2D eigenvalue weighted by molar-refractivity contribution is 0.0696. The second-order valence-electron chi connectivity index (χ2n) is 4.83. The Bertz CT molecular complexity index is 659. The molecule has 0 aliphatic heterocycles. The maximum atomic E-state index is 12.0. The molecule has 0 atom stereocenters. The first-order valence-electron chi connectivity index (χ1n) is 6.65. The van der Waals surface area contributed by atoms with E-state index in [1.165, 1.54) is 0 Å². The number of aryl methyl sites for hydroxylation is 2. The number of carbonyl (C=O) groups excluding carboxylic acids is 1. The largest absolute Gasteiger partial charge is 0.478 e. The van der Waals surface area contributed by atoms with Gasteiger partial charge in [0.1, 0.15) is 0 Å². The van der Waals surface area contributed by atoms with Crippen LogP contribution in [0.15, 0.2) is 30.3 Å². The molecule has 1 aromatic heterocycles. The topological polar surface area (TPSA) is 66.4 Å². The highest BCUT2D eigenvalue weighted by molar-refractivity contribution is 7.12. The Morgan fingerprint density at radius 2 is 1.86 bits per heavy atom. The Labute approximate surface area is 127 Å². The van der Waals surface area contributed by atoms with Crippen LogP contribution in [0.25, 0.3) is 0 Å². The summed E-state index contributed by atoms with van der Waals surface area (Å²) in [7, 11) is 0. The van der Waals surface area contributed by atoms with Crippen LogP contribution in [-0.4, -0.2) is 23.5 Å². The fourth-order valence-electron chi connectivity index (χ4n) is 2.09. The van der Waals surface area contributed by atoms with Gasteiger partial charge in [-0.15, -0.1) is 11.3 Å². The summed E-state index contributed by atoms with van der Waals surface area (Å²) in [6.45, 7) is 4.45. The van der Waals surface area contributed by atoms with Crippen LogP contribution in [-0.2, 0) is 6.42 Å². The minimum Gasteiger partial charge on any atom is -0.478 e. The van der Waals surface area contributed by atoms with Gasteiger partial charge >= 0.3 is 5.97 Å². The molecule has 0 fully saturated rings. The molecule has 0 spiro atoms. The number of aromatic carboxylic acids is 1. The smallest absolute Gasteiger partial charge is 0.335 e. The van der Waals surface area contributed by atoms with Crippen molar-refractivity contribution in [2.24, 2.45) is 0 Å². The van der Waals surface area contributed by atoms with E-state index in [2.05, 4.69) is 5.32 Å². The predicted molar refractivity (Wildman–Crippen MR) is 83.2 cm³/mol. The van der Waals surface area contributed by atoms with E-state index < -0.39 is 5.97 Å². The van der Waals surface area contributed by atoms with E-state index in [-0.39, 0.29) is 11.5 Å². The molecule has 0 unspecified atom stereocenters. The molecule has 0 aliphatic rings. The summed E-state index contributed by atoms with van der Waals surface area (Å²) < 4.78 is 0. The van der Waals surface area contributed by atoms with E-state index in [0.29, 0.717) is 13.0 Å². The predicted octanol–water partition coefficient (Wildman–Crippen LogP) is 3.04. The van der Waals surface area contributed by atoms with E-state index in [9.17, 15) is 9.59 Å². The fourth-order valence-corrected chi connectivity index (χ4v) is 3.01. The molecular weight excluding hydrogens is 286 g/mol. The normalized spacial score (nSPS) is 10.4. The van der Waals surface area contributed by atoms with Crippen molar-refractivity contribution in [1.29, 1.82) is 0 Å². The monoisotopic (exact) mass is 303 g/mol. The molecular formula is C16H17NO3S. The van der Waals surface area contributed by atoms with Crippen molar-refractivity contribution < 1.29 is 14.7 Å². The molecule has 0 bridgehead atoms.